The van der Waals surface area contributed by atoms with Crippen LogP contribution in [0.2, 0.25) is 0 Å². The van der Waals surface area contributed by atoms with E-state index in [0.29, 0.717) is 5.69 Å². The molecule has 0 aliphatic heterocycles. The van der Waals surface area contributed by atoms with E-state index in [-0.39, 0.29) is 11.3 Å². The van der Waals surface area contributed by atoms with Gasteiger partial charge in [-0.05, 0) is 41.3 Å². The van der Waals surface area contributed by atoms with Crippen molar-refractivity contribution in [1.82, 2.24) is 10.4 Å². The average molecular weight is 364 g/mol. The van der Waals surface area contributed by atoms with E-state index in [9.17, 15) is 14.7 Å². The zero-order chi connectivity index (χ0) is 18.5. The van der Waals surface area contributed by atoms with Crippen molar-refractivity contribution < 1.29 is 14.7 Å². The van der Waals surface area contributed by atoms with Crippen LogP contribution in [0.3, 0.4) is 0 Å². The van der Waals surface area contributed by atoms with Gasteiger partial charge in [0.1, 0.15) is 11.8 Å². The fourth-order valence-electron chi connectivity index (χ4n) is 2.20. The molecule has 128 valence electrons. The van der Waals surface area contributed by atoms with Gasteiger partial charge in [-0.15, -0.1) is 11.3 Å². The summed E-state index contributed by atoms with van der Waals surface area (Å²) in [5.74, 6) is -0.647. The second-order valence-electron chi connectivity index (χ2n) is 5.13. The molecule has 2 heterocycles. The lowest BCUT2D eigenvalue weighted by Gasteiger charge is -2.20. The van der Waals surface area contributed by atoms with Crippen molar-refractivity contribution in [1.29, 1.82) is 5.26 Å². The molecule has 0 unspecified atom stereocenters. The van der Waals surface area contributed by atoms with Gasteiger partial charge in [0, 0.05) is 11.1 Å². The molecule has 26 heavy (non-hydrogen) atoms. The Morgan fingerprint density at radius 1 is 1.15 bits per heavy atom. The van der Waals surface area contributed by atoms with Gasteiger partial charge in [0.25, 0.3) is 5.91 Å². The number of hydrazine groups is 1. The number of hydrogen-bond acceptors (Lipinski definition) is 5. The molecule has 7 nitrogen and oxygen atoms in total. The quantitative estimate of drug-likeness (QED) is 0.692. The summed E-state index contributed by atoms with van der Waals surface area (Å²) in [4.78, 5) is 28.6. The third-order valence-electron chi connectivity index (χ3n) is 3.48. The third kappa shape index (κ3) is 3.68. The molecule has 0 fully saturated rings. The minimum Gasteiger partial charge on any atom is -0.463 e. The maximum atomic E-state index is 12.2. The number of nitriles is 1. The number of thiophene rings is 1. The number of nitrogens with zero attached hydrogens (tertiary/aromatic N) is 3. The van der Waals surface area contributed by atoms with Crippen LogP contribution in [0, 0.1) is 11.3 Å². The molecule has 8 heteroatoms. The SMILES string of the molecule is N#Cc1ccc(C(=O)NN(C(=O)O)c2ccc(-c3cccs3)cc2)cn1. The summed E-state index contributed by atoms with van der Waals surface area (Å²) in [5, 5.41) is 20.8. The summed E-state index contributed by atoms with van der Waals surface area (Å²) in [6, 6.07) is 15.3. The fraction of sp³-hybridized carbons (Fsp3) is 0. The third-order valence-corrected chi connectivity index (χ3v) is 4.39. The number of carbonyl (C=O) groups is 2. The smallest absolute Gasteiger partial charge is 0.431 e. The van der Waals surface area contributed by atoms with Crippen molar-refractivity contribution in [3.8, 4) is 16.5 Å². The highest BCUT2D eigenvalue weighted by molar-refractivity contribution is 7.13. The monoisotopic (exact) mass is 364 g/mol. The number of amides is 2. The van der Waals surface area contributed by atoms with Crippen LogP contribution >= 0.6 is 11.3 Å². The molecule has 0 radical (unpaired) electrons. The van der Waals surface area contributed by atoms with Gasteiger partial charge in [0.05, 0.1) is 11.3 Å². The molecule has 0 saturated heterocycles. The first kappa shape index (κ1) is 17.1. The highest BCUT2D eigenvalue weighted by Gasteiger charge is 2.18. The lowest BCUT2D eigenvalue weighted by Crippen LogP contribution is -2.45. The molecule has 2 N–H and O–H groups in total. The van der Waals surface area contributed by atoms with Crippen LogP contribution in [-0.4, -0.2) is 22.1 Å². The molecular weight excluding hydrogens is 352 g/mol. The van der Waals surface area contributed by atoms with Gasteiger partial charge in [-0.1, -0.05) is 18.2 Å². The highest BCUT2D eigenvalue weighted by Crippen LogP contribution is 2.26. The molecular formula is C18H12N4O3S. The van der Waals surface area contributed by atoms with Crippen LogP contribution < -0.4 is 10.4 Å². The maximum Gasteiger partial charge on any atom is 0.431 e. The van der Waals surface area contributed by atoms with E-state index in [1.165, 1.54) is 18.3 Å². The number of benzene rings is 1. The Bertz CT molecular complexity index is 961. The summed E-state index contributed by atoms with van der Waals surface area (Å²) >= 11 is 1.58. The predicted molar refractivity (Wildman–Crippen MR) is 96.7 cm³/mol. The molecule has 0 aliphatic carbocycles. The highest BCUT2D eigenvalue weighted by atomic mass is 32.1. The lowest BCUT2D eigenvalue weighted by atomic mass is 10.2. The van der Waals surface area contributed by atoms with Gasteiger partial charge in [-0.25, -0.2) is 9.78 Å². The largest absolute Gasteiger partial charge is 0.463 e. The van der Waals surface area contributed by atoms with Crippen molar-refractivity contribution in [2.24, 2.45) is 0 Å². The van der Waals surface area contributed by atoms with E-state index in [0.717, 1.165) is 15.4 Å². The summed E-state index contributed by atoms with van der Waals surface area (Å²) in [6.07, 6.45) is -0.114. The number of rotatable bonds is 3. The van der Waals surface area contributed by atoms with E-state index in [1.807, 2.05) is 23.6 Å². The Balaban J connectivity index is 1.79. The second-order valence-corrected chi connectivity index (χ2v) is 6.07. The molecule has 0 atom stereocenters. The van der Waals surface area contributed by atoms with Gasteiger partial charge in [0.15, 0.2) is 0 Å². The van der Waals surface area contributed by atoms with Crippen LogP contribution in [0.1, 0.15) is 16.1 Å². The predicted octanol–water partition coefficient (Wildman–Crippen LogP) is 3.51. The standard InChI is InChI=1S/C18H12N4O3S/c19-10-14-6-3-13(11-20-14)17(23)21-22(18(24)25)15-7-4-12(5-8-15)16-2-1-9-26-16/h1-9,11H,(H,21,23)(H,24,25). The van der Waals surface area contributed by atoms with Crippen LogP contribution in [0.25, 0.3) is 10.4 Å². The Labute approximate surface area is 152 Å². The summed E-state index contributed by atoms with van der Waals surface area (Å²) < 4.78 is 0. The Morgan fingerprint density at radius 2 is 1.92 bits per heavy atom. The fourth-order valence-corrected chi connectivity index (χ4v) is 2.93. The maximum absolute atomic E-state index is 12.2. The topological polar surface area (TPSA) is 106 Å². The molecule has 0 spiro atoms. The molecule has 0 aliphatic rings. The Morgan fingerprint density at radius 3 is 2.46 bits per heavy atom. The van der Waals surface area contributed by atoms with Crippen molar-refractivity contribution in [3.63, 3.8) is 0 Å². The number of hydrogen-bond donors (Lipinski definition) is 2. The first-order valence-corrected chi connectivity index (χ1v) is 8.30. The number of anilines is 1. The molecule has 3 rings (SSSR count). The second kappa shape index (κ2) is 7.46. The summed E-state index contributed by atoms with van der Waals surface area (Å²) in [7, 11) is 0. The lowest BCUT2D eigenvalue weighted by molar-refractivity contribution is 0.0944. The number of pyridine rings is 1. The van der Waals surface area contributed by atoms with Gasteiger partial charge in [0.2, 0.25) is 0 Å². The van der Waals surface area contributed by atoms with Crippen LogP contribution in [0.15, 0.2) is 60.1 Å². The molecule has 1 aromatic carbocycles. The van der Waals surface area contributed by atoms with Gasteiger partial charge >= 0.3 is 6.09 Å². The van der Waals surface area contributed by atoms with Gasteiger partial charge in [-0.2, -0.15) is 10.3 Å². The Hall–Kier alpha value is -3.70. The van der Waals surface area contributed by atoms with Crippen molar-refractivity contribution >= 4 is 29.0 Å². The number of aromatic nitrogens is 1. The number of nitrogens with one attached hydrogen (secondary N) is 1. The van der Waals surface area contributed by atoms with Crippen LogP contribution in [0.5, 0.6) is 0 Å². The molecule has 2 amide bonds. The van der Waals surface area contributed by atoms with Crippen molar-refractivity contribution in [2.45, 2.75) is 0 Å². The van der Waals surface area contributed by atoms with E-state index < -0.39 is 12.0 Å². The van der Waals surface area contributed by atoms with Gasteiger partial charge < -0.3 is 5.11 Å². The zero-order valence-electron chi connectivity index (χ0n) is 13.3. The molecule has 0 bridgehead atoms. The zero-order valence-corrected chi connectivity index (χ0v) is 14.1. The summed E-state index contributed by atoms with van der Waals surface area (Å²) in [5.41, 5.74) is 3.88. The van der Waals surface area contributed by atoms with E-state index in [2.05, 4.69) is 10.4 Å². The number of carboxylic acid groups (broad SMARTS) is 1. The van der Waals surface area contributed by atoms with Crippen molar-refractivity contribution in [3.05, 3.63) is 71.4 Å². The van der Waals surface area contributed by atoms with Crippen LogP contribution in [-0.2, 0) is 0 Å². The Kier molecular flexibility index (Phi) is 4.92. The van der Waals surface area contributed by atoms with Crippen molar-refractivity contribution in [2.75, 3.05) is 5.01 Å². The van der Waals surface area contributed by atoms with E-state index >= 15 is 0 Å². The van der Waals surface area contributed by atoms with E-state index in [1.54, 1.807) is 35.6 Å². The normalized spacial score (nSPS) is 9.96. The van der Waals surface area contributed by atoms with E-state index in [4.69, 9.17) is 5.26 Å². The first-order chi connectivity index (χ1) is 12.6. The first-order valence-electron chi connectivity index (χ1n) is 7.42. The molecule has 3 aromatic rings. The van der Waals surface area contributed by atoms with Crippen LogP contribution in [0.4, 0.5) is 10.5 Å². The van der Waals surface area contributed by atoms with Gasteiger partial charge in [-0.3, -0.25) is 10.2 Å². The minimum absolute atomic E-state index is 0.144. The number of carbonyl (C=O) groups excluding carboxylic acids is 1. The molecule has 0 saturated carbocycles. The minimum atomic E-state index is -1.33. The molecule has 2 aromatic heterocycles. The summed E-state index contributed by atoms with van der Waals surface area (Å²) in [6.45, 7) is 0. The average Bonchev–Trinajstić information content (AvgIpc) is 3.20.